The summed E-state index contributed by atoms with van der Waals surface area (Å²) in [5, 5.41) is -0.0102. The maximum atomic E-state index is 12.0. The number of thioether (sulfide) groups is 1. The summed E-state index contributed by atoms with van der Waals surface area (Å²) in [6.07, 6.45) is 8.76. The molecular weight excluding hydrogens is 322 g/mol. The number of esters is 1. The van der Waals surface area contributed by atoms with Gasteiger partial charge in [0.1, 0.15) is 6.61 Å². The Kier molecular flexibility index (Phi) is 7.20. The normalized spacial score (nSPS) is 16.9. The number of nitrogens with zero attached hydrogens (tertiary/aromatic N) is 1. The molecule has 0 radical (unpaired) electrons. The number of benzene rings is 1. The van der Waals surface area contributed by atoms with Crippen molar-refractivity contribution in [2.45, 2.75) is 48.9 Å². The minimum Gasteiger partial charge on any atom is -0.461 e. The van der Waals surface area contributed by atoms with Gasteiger partial charge in [0.25, 0.3) is 0 Å². The van der Waals surface area contributed by atoms with Crippen molar-refractivity contribution in [1.29, 1.82) is 0 Å². The minimum absolute atomic E-state index is 0.0102. The number of amides is 1. The van der Waals surface area contributed by atoms with Crippen LogP contribution in [-0.2, 0) is 20.9 Å². The lowest BCUT2D eigenvalue weighted by Crippen LogP contribution is -2.23. The SMILES string of the molecule is C#CCCCCC(=O)OCc1cccc(SC2CCN(C)C2=O)c1. The third-order valence-electron chi connectivity index (χ3n) is 3.91. The Hall–Kier alpha value is -1.93. The van der Waals surface area contributed by atoms with Crippen LogP contribution in [0.3, 0.4) is 0 Å². The van der Waals surface area contributed by atoms with Crippen LogP contribution in [0.25, 0.3) is 0 Å². The Morgan fingerprint density at radius 1 is 1.46 bits per heavy atom. The average Bonchev–Trinajstić information content (AvgIpc) is 2.89. The van der Waals surface area contributed by atoms with Gasteiger partial charge in [-0.05, 0) is 37.0 Å². The molecule has 1 aromatic rings. The van der Waals surface area contributed by atoms with E-state index in [9.17, 15) is 9.59 Å². The number of hydrogen-bond acceptors (Lipinski definition) is 4. The molecule has 0 bridgehead atoms. The number of hydrogen-bond donors (Lipinski definition) is 0. The van der Waals surface area contributed by atoms with Crippen LogP contribution >= 0.6 is 11.8 Å². The van der Waals surface area contributed by atoms with E-state index < -0.39 is 0 Å². The van der Waals surface area contributed by atoms with Gasteiger partial charge in [0, 0.05) is 31.3 Å². The maximum absolute atomic E-state index is 12.0. The van der Waals surface area contributed by atoms with Crippen molar-refractivity contribution in [3.8, 4) is 12.3 Å². The highest BCUT2D eigenvalue weighted by Gasteiger charge is 2.29. The molecule has 0 aliphatic carbocycles. The molecule has 4 nitrogen and oxygen atoms in total. The molecule has 1 atom stereocenters. The molecule has 1 fully saturated rings. The number of unbranched alkanes of at least 4 members (excludes halogenated alkanes) is 2. The maximum Gasteiger partial charge on any atom is 0.306 e. The van der Waals surface area contributed by atoms with Crippen LogP contribution < -0.4 is 0 Å². The van der Waals surface area contributed by atoms with E-state index in [2.05, 4.69) is 5.92 Å². The summed E-state index contributed by atoms with van der Waals surface area (Å²) in [6.45, 7) is 1.08. The van der Waals surface area contributed by atoms with Gasteiger partial charge >= 0.3 is 5.97 Å². The van der Waals surface area contributed by atoms with Crippen molar-refractivity contribution in [3.05, 3.63) is 29.8 Å². The smallest absolute Gasteiger partial charge is 0.306 e. The van der Waals surface area contributed by atoms with E-state index in [1.807, 2.05) is 31.3 Å². The molecular formula is C19H23NO3S. The molecule has 5 heteroatoms. The van der Waals surface area contributed by atoms with Crippen LogP contribution in [0.1, 0.15) is 37.7 Å². The zero-order chi connectivity index (χ0) is 17.4. The monoisotopic (exact) mass is 345 g/mol. The first kappa shape index (κ1) is 18.4. The number of rotatable bonds is 8. The zero-order valence-electron chi connectivity index (χ0n) is 14.0. The fraction of sp³-hybridized carbons (Fsp3) is 0.474. The molecule has 128 valence electrons. The molecule has 2 rings (SSSR count). The van der Waals surface area contributed by atoms with Crippen molar-refractivity contribution in [2.75, 3.05) is 13.6 Å². The van der Waals surface area contributed by atoms with E-state index in [1.54, 1.807) is 16.7 Å². The summed E-state index contributed by atoms with van der Waals surface area (Å²) in [6, 6.07) is 7.84. The fourth-order valence-corrected chi connectivity index (χ4v) is 3.71. The summed E-state index contributed by atoms with van der Waals surface area (Å²) < 4.78 is 5.30. The molecule has 0 spiro atoms. The van der Waals surface area contributed by atoms with Gasteiger partial charge in [-0.25, -0.2) is 0 Å². The minimum atomic E-state index is -0.197. The molecule has 24 heavy (non-hydrogen) atoms. The van der Waals surface area contributed by atoms with Gasteiger partial charge < -0.3 is 9.64 Å². The van der Waals surface area contributed by atoms with Crippen LogP contribution in [0, 0.1) is 12.3 Å². The second kappa shape index (κ2) is 9.39. The van der Waals surface area contributed by atoms with Crippen molar-refractivity contribution >= 4 is 23.6 Å². The van der Waals surface area contributed by atoms with Crippen molar-refractivity contribution in [3.63, 3.8) is 0 Å². The molecule has 1 saturated heterocycles. The van der Waals surface area contributed by atoms with Gasteiger partial charge in [-0.3, -0.25) is 9.59 Å². The Morgan fingerprint density at radius 2 is 2.29 bits per heavy atom. The van der Waals surface area contributed by atoms with Crippen LogP contribution in [-0.4, -0.2) is 35.6 Å². The van der Waals surface area contributed by atoms with Crippen LogP contribution in [0.15, 0.2) is 29.2 Å². The molecule has 0 N–H and O–H groups in total. The van der Waals surface area contributed by atoms with Crippen molar-refractivity contribution in [2.24, 2.45) is 0 Å². The van der Waals surface area contributed by atoms with Crippen molar-refractivity contribution in [1.82, 2.24) is 4.90 Å². The number of terminal acetylenes is 1. The van der Waals surface area contributed by atoms with Crippen LogP contribution in [0.2, 0.25) is 0 Å². The van der Waals surface area contributed by atoms with Gasteiger partial charge in [0.05, 0.1) is 5.25 Å². The summed E-state index contributed by atoms with van der Waals surface area (Å²) in [5.41, 5.74) is 0.941. The molecule has 1 heterocycles. The number of likely N-dealkylation sites (tertiary alicyclic amines) is 1. The fourth-order valence-electron chi connectivity index (χ4n) is 2.50. The molecule has 1 aliphatic rings. The first-order valence-electron chi connectivity index (χ1n) is 8.20. The van der Waals surface area contributed by atoms with E-state index in [4.69, 9.17) is 11.2 Å². The quantitative estimate of drug-likeness (QED) is 0.412. The Bertz CT molecular complexity index is 623. The summed E-state index contributed by atoms with van der Waals surface area (Å²) in [7, 11) is 1.84. The predicted molar refractivity (Wildman–Crippen MR) is 95.4 cm³/mol. The third-order valence-corrected chi connectivity index (χ3v) is 5.15. The highest BCUT2D eigenvalue weighted by molar-refractivity contribution is 8.00. The van der Waals surface area contributed by atoms with Gasteiger partial charge in [-0.1, -0.05) is 12.1 Å². The molecule has 1 aliphatic heterocycles. The molecule has 0 saturated carbocycles. The van der Waals surface area contributed by atoms with E-state index in [-0.39, 0.29) is 23.7 Å². The molecule has 1 unspecified atom stereocenters. The molecule has 1 aromatic carbocycles. The summed E-state index contributed by atoms with van der Waals surface area (Å²) in [5.74, 6) is 2.55. The van der Waals surface area contributed by atoms with Crippen molar-refractivity contribution < 1.29 is 14.3 Å². The highest BCUT2D eigenvalue weighted by Crippen LogP contribution is 2.30. The van der Waals surface area contributed by atoms with E-state index in [0.29, 0.717) is 12.8 Å². The Balaban J connectivity index is 1.79. The average molecular weight is 345 g/mol. The standard InChI is InChI=1S/C19H23NO3S/c1-3-4-5-6-10-18(21)23-14-15-8-7-9-16(13-15)24-17-11-12-20(2)19(17)22/h1,7-9,13,17H,4-6,10-12,14H2,2H3. The zero-order valence-corrected chi connectivity index (χ0v) is 14.8. The predicted octanol–water partition coefficient (Wildman–Crippen LogP) is 3.25. The molecule has 0 aromatic heterocycles. The second-order valence-electron chi connectivity index (χ2n) is 5.87. The largest absolute Gasteiger partial charge is 0.461 e. The lowest BCUT2D eigenvalue weighted by atomic mass is 10.2. The second-order valence-corrected chi connectivity index (χ2v) is 7.15. The van der Waals surface area contributed by atoms with Gasteiger partial charge in [-0.2, -0.15) is 0 Å². The first-order valence-corrected chi connectivity index (χ1v) is 9.08. The Labute approximate surface area is 147 Å². The van der Waals surface area contributed by atoms with Crippen LogP contribution in [0.4, 0.5) is 0 Å². The van der Waals surface area contributed by atoms with Gasteiger partial charge in [-0.15, -0.1) is 24.1 Å². The van der Waals surface area contributed by atoms with Crippen LogP contribution in [0.5, 0.6) is 0 Å². The van der Waals surface area contributed by atoms with E-state index in [0.717, 1.165) is 36.3 Å². The van der Waals surface area contributed by atoms with Gasteiger partial charge in [0.15, 0.2) is 0 Å². The summed E-state index contributed by atoms with van der Waals surface area (Å²) in [4.78, 5) is 26.5. The number of ether oxygens (including phenoxy) is 1. The lowest BCUT2D eigenvalue weighted by molar-refractivity contribution is -0.145. The highest BCUT2D eigenvalue weighted by atomic mass is 32.2. The number of carbonyl (C=O) groups is 2. The third kappa shape index (κ3) is 5.61. The van der Waals surface area contributed by atoms with E-state index in [1.165, 1.54) is 0 Å². The first-order chi connectivity index (χ1) is 11.6. The Morgan fingerprint density at radius 3 is 3.00 bits per heavy atom. The lowest BCUT2D eigenvalue weighted by Gasteiger charge is -2.11. The molecule has 1 amide bonds. The summed E-state index contributed by atoms with van der Waals surface area (Å²) >= 11 is 1.58. The van der Waals surface area contributed by atoms with Gasteiger partial charge in [0.2, 0.25) is 5.91 Å². The number of carbonyl (C=O) groups excluding carboxylic acids is 2. The topological polar surface area (TPSA) is 46.6 Å². The van der Waals surface area contributed by atoms with E-state index >= 15 is 0 Å².